The fraction of sp³-hybridized carbons (Fsp3) is 0.385. The molecule has 0 saturated heterocycles. The largest absolute Gasteiger partial charge is 0.478 e. The average Bonchev–Trinajstić information content (AvgIpc) is 2.33. The van der Waals surface area contributed by atoms with Crippen LogP contribution in [0.25, 0.3) is 0 Å². The number of benzene rings is 1. The van der Waals surface area contributed by atoms with Crippen molar-refractivity contribution in [3.63, 3.8) is 0 Å². The second kappa shape index (κ2) is 6.86. The third kappa shape index (κ3) is 4.69. The summed E-state index contributed by atoms with van der Waals surface area (Å²) in [7, 11) is 0. The number of aliphatic hydroxyl groups is 1. The van der Waals surface area contributed by atoms with E-state index in [0.717, 1.165) is 0 Å². The lowest BCUT2D eigenvalue weighted by molar-refractivity contribution is 0.0474. The lowest BCUT2D eigenvalue weighted by atomic mass is 10.0. The van der Waals surface area contributed by atoms with E-state index in [4.69, 9.17) is 20.1 Å². The zero-order valence-corrected chi connectivity index (χ0v) is 10.5. The van der Waals surface area contributed by atoms with Crippen molar-refractivity contribution in [1.29, 1.82) is 0 Å². The van der Waals surface area contributed by atoms with Crippen molar-refractivity contribution in [1.82, 2.24) is 0 Å². The van der Waals surface area contributed by atoms with Gasteiger partial charge in [-0.2, -0.15) is 0 Å². The summed E-state index contributed by atoms with van der Waals surface area (Å²) in [5.41, 5.74) is 0.499. The Kier molecular flexibility index (Phi) is 5.47. The Morgan fingerprint density at radius 2 is 1.95 bits per heavy atom. The molecule has 0 amide bonds. The van der Waals surface area contributed by atoms with Crippen LogP contribution >= 0.6 is 0 Å². The molecule has 6 nitrogen and oxygen atoms in total. The lowest BCUT2D eigenvalue weighted by Gasteiger charge is -2.09. The fourth-order valence-electron chi connectivity index (χ4n) is 1.58. The smallest absolute Gasteiger partial charge is 0.335 e. The Morgan fingerprint density at radius 1 is 1.26 bits per heavy atom. The summed E-state index contributed by atoms with van der Waals surface area (Å²) in [6, 6.07) is 3.86. The van der Waals surface area contributed by atoms with E-state index in [1.54, 1.807) is 6.92 Å². The number of hydrogen-bond donors (Lipinski definition) is 3. The van der Waals surface area contributed by atoms with Crippen molar-refractivity contribution < 1.29 is 29.6 Å². The highest BCUT2D eigenvalue weighted by molar-refractivity contribution is 5.93. The SMILES string of the molecule is CC(O)COCCc1cc(C(=O)O)ccc1C(=O)O. The average molecular weight is 268 g/mol. The van der Waals surface area contributed by atoms with Gasteiger partial charge in [0.2, 0.25) is 0 Å². The highest BCUT2D eigenvalue weighted by Crippen LogP contribution is 2.13. The molecule has 1 aromatic carbocycles. The maximum Gasteiger partial charge on any atom is 0.335 e. The van der Waals surface area contributed by atoms with Crippen molar-refractivity contribution >= 4 is 11.9 Å². The molecule has 0 radical (unpaired) electrons. The van der Waals surface area contributed by atoms with Gasteiger partial charge >= 0.3 is 11.9 Å². The van der Waals surface area contributed by atoms with Gasteiger partial charge in [-0.1, -0.05) is 0 Å². The van der Waals surface area contributed by atoms with E-state index in [9.17, 15) is 9.59 Å². The maximum atomic E-state index is 11.0. The van der Waals surface area contributed by atoms with Crippen molar-refractivity contribution in [2.45, 2.75) is 19.4 Å². The molecule has 0 heterocycles. The minimum absolute atomic E-state index is 0.0375. The van der Waals surface area contributed by atoms with Gasteiger partial charge in [0.25, 0.3) is 0 Å². The molecule has 1 atom stereocenters. The summed E-state index contributed by atoms with van der Waals surface area (Å²) in [4.78, 5) is 21.9. The number of rotatable bonds is 7. The first-order valence-electron chi connectivity index (χ1n) is 5.77. The molecule has 0 fully saturated rings. The van der Waals surface area contributed by atoms with Gasteiger partial charge in [-0.3, -0.25) is 0 Å². The zero-order valence-electron chi connectivity index (χ0n) is 10.5. The highest BCUT2D eigenvalue weighted by Gasteiger charge is 2.13. The third-order valence-electron chi connectivity index (χ3n) is 2.46. The van der Waals surface area contributed by atoms with E-state index in [-0.39, 0.29) is 30.8 Å². The van der Waals surface area contributed by atoms with E-state index in [0.29, 0.717) is 5.56 Å². The summed E-state index contributed by atoms with van der Waals surface area (Å²) in [6.45, 7) is 1.95. The van der Waals surface area contributed by atoms with Crippen LogP contribution in [0.15, 0.2) is 18.2 Å². The number of carbonyl (C=O) groups is 2. The van der Waals surface area contributed by atoms with Crippen molar-refractivity contribution in [3.05, 3.63) is 34.9 Å². The number of aromatic carboxylic acids is 2. The maximum absolute atomic E-state index is 11.0. The van der Waals surface area contributed by atoms with Gasteiger partial charge in [0.05, 0.1) is 30.4 Å². The van der Waals surface area contributed by atoms with Crippen LogP contribution in [-0.4, -0.2) is 46.6 Å². The van der Waals surface area contributed by atoms with Crippen LogP contribution in [0.1, 0.15) is 33.2 Å². The molecule has 0 aliphatic heterocycles. The number of carboxylic acids is 2. The number of hydrogen-bond acceptors (Lipinski definition) is 4. The Morgan fingerprint density at radius 3 is 2.47 bits per heavy atom. The van der Waals surface area contributed by atoms with Crippen LogP contribution < -0.4 is 0 Å². The van der Waals surface area contributed by atoms with E-state index in [1.165, 1.54) is 18.2 Å². The molecular formula is C13H16O6. The van der Waals surface area contributed by atoms with Crippen molar-refractivity contribution in [3.8, 4) is 0 Å². The minimum Gasteiger partial charge on any atom is -0.478 e. The van der Waals surface area contributed by atoms with E-state index in [1.807, 2.05) is 0 Å². The zero-order chi connectivity index (χ0) is 14.4. The Bertz CT molecular complexity index is 466. The monoisotopic (exact) mass is 268 g/mol. The normalized spacial score (nSPS) is 12.1. The number of ether oxygens (including phenoxy) is 1. The van der Waals surface area contributed by atoms with Crippen LogP contribution in [-0.2, 0) is 11.2 Å². The molecule has 1 aromatic rings. The molecule has 0 spiro atoms. The molecule has 0 aliphatic carbocycles. The Labute approximate surface area is 110 Å². The highest BCUT2D eigenvalue weighted by atomic mass is 16.5. The second-order valence-corrected chi connectivity index (χ2v) is 4.16. The lowest BCUT2D eigenvalue weighted by Crippen LogP contribution is -2.13. The van der Waals surface area contributed by atoms with Gasteiger partial charge in [0.1, 0.15) is 0 Å². The quantitative estimate of drug-likeness (QED) is 0.638. The molecule has 1 rings (SSSR count). The van der Waals surface area contributed by atoms with Crippen molar-refractivity contribution in [2.75, 3.05) is 13.2 Å². The first-order valence-corrected chi connectivity index (χ1v) is 5.77. The molecule has 0 saturated carbocycles. The predicted octanol–water partition coefficient (Wildman–Crippen LogP) is 1.02. The molecule has 1 unspecified atom stereocenters. The number of aliphatic hydroxyl groups excluding tert-OH is 1. The first kappa shape index (κ1) is 15.1. The first-order chi connectivity index (χ1) is 8.91. The second-order valence-electron chi connectivity index (χ2n) is 4.16. The van der Waals surface area contributed by atoms with Crippen LogP contribution in [0.5, 0.6) is 0 Å². The van der Waals surface area contributed by atoms with Crippen LogP contribution in [0.2, 0.25) is 0 Å². The summed E-state index contributed by atoms with van der Waals surface area (Å²) in [5, 5.41) is 26.9. The standard InChI is InChI=1S/C13H16O6/c1-8(14)7-19-5-4-9-6-10(12(15)16)2-3-11(9)13(17)18/h2-3,6,8,14H,4-5,7H2,1H3,(H,15,16)(H,17,18). The van der Waals surface area contributed by atoms with Gasteiger partial charge < -0.3 is 20.1 Å². The topological polar surface area (TPSA) is 104 Å². The molecule has 0 aromatic heterocycles. The minimum atomic E-state index is -1.11. The van der Waals surface area contributed by atoms with Crippen LogP contribution in [0.4, 0.5) is 0 Å². The summed E-state index contributed by atoms with van der Waals surface area (Å²) in [5.74, 6) is -2.22. The Hall–Kier alpha value is -1.92. The van der Waals surface area contributed by atoms with E-state index >= 15 is 0 Å². The molecule has 104 valence electrons. The van der Waals surface area contributed by atoms with Crippen LogP contribution in [0, 0.1) is 0 Å². The van der Waals surface area contributed by atoms with Gasteiger partial charge in [-0.25, -0.2) is 9.59 Å². The fourth-order valence-corrected chi connectivity index (χ4v) is 1.58. The third-order valence-corrected chi connectivity index (χ3v) is 2.46. The van der Waals surface area contributed by atoms with E-state index in [2.05, 4.69) is 0 Å². The molecular weight excluding hydrogens is 252 g/mol. The molecule has 0 bridgehead atoms. The van der Waals surface area contributed by atoms with Crippen LogP contribution in [0.3, 0.4) is 0 Å². The van der Waals surface area contributed by atoms with Gasteiger partial charge in [-0.15, -0.1) is 0 Å². The van der Waals surface area contributed by atoms with Gasteiger partial charge in [0.15, 0.2) is 0 Å². The van der Waals surface area contributed by atoms with Gasteiger partial charge in [0, 0.05) is 0 Å². The number of carboxylic acid groups (broad SMARTS) is 2. The molecule has 19 heavy (non-hydrogen) atoms. The summed E-state index contributed by atoms with van der Waals surface area (Å²) in [6.07, 6.45) is -0.320. The molecule has 3 N–H and O–H groups in total. The van der Waals surface area contributed by atoms with Crippen molar-refractivity contribution in [2.24, 2.45) is 0 Å². The van der Waals surface area contributed by atoms with Gasteiger partial charge in [-0.05, 0) is 37.1 Å². The summed E-state index contributed by atoms with van der Waals surface area (Å²) >= 11 is 0. The molecule has 0 aliphatic rings. The Balaban J connectivity index is 2.80. The predicted molar refractivity (Wildman–Crippen MR) is 66.6 cm³/mol. The van der Waals surface area contributed by atoms with E-state index < -0.39 is 18.0 Å². The summed E-state index contributed by atoms with van der Waals surface area (Å²) < 4.78 is 5.14. The molecule has 6 heteroatoms.